The first-order chi connectivity index (χ1) is 14.0. The lowest BCUT2D eigenvalue weighted by atomic mass is 9.90. The molecule has 6 N–H and O–H groups in total. The van der Waals surface area contributed by atoms with E-state index in [1.165, 1.54) is 6.07 Å². The molecule has 168 valence electrons. The van der Waals surface area contributed by atoms with E-state index in [0.29, 0.717) is 24.8 Å². The summed E-state index contributed by atoms with van der Waals surface area (Å²) in [6.45, 7) is 7.80. The number of phenolic OH excluding ortho intramolecular Hbond substituents is 1. The third-order valence-corrected chi connectivity index (χ3v) is 5.29. The Bertz CT molecular complexity index is 751. The summed E-state index contributed by atoms with van der Waals surface area (Å²) >= 11 is 0. The first kappa shape index (κ1) is 24.1. The summed E-state index contributed by atoms with van der Waals surface area (Å²) in [5, 5.41) is 33.3. The van der Waals surface area contributed by atoms with Gasteiger partial charge in [-0.1, -0.05) is 39.8 Å². The lowest BCUT2D eigenvalue weighted by Gasteiger charge is -2.34. The summed E-state index contributed by atoms with van der Waals surface area (Å²) in [6.07, 6.45) is -2.48. The average Bonchev–Trinajstić information content (AvgIpc) is 2.65. The number of ether oxygens (including phenoxy) is 1. The van der Waals surface area contributed by atoms with E-state index in [1.54, 1.807) is 12.1 Å². The van der Waals surface area contributed by atoms with Crippen LogP contribution in [0.5, 0.6) is 5.75 Å². The number of aliphatic hydroxyl groups is 2. The van der Waals surface area contributed by atoms with Gasteiger partial charge in [0, 0.05) is 12.5 Å². The van der Waals surface area contributed by atoms with Crippen molar-refractivity contribution in [2.45, 2.75) is 77.4 Å². The van der Waals surface area contributed by atoms with Gasteiger partial charge >= 0.3 is 5.97 Å². The van der Waals surface area contributed by atoms with Crippen LogP contribution in [-0.4, -0.2) is 57.6 Å². The van der Waals surface area contributed by atoms with Crippen LogP contribution in [0.1, 0.15) is 56.5 Å². The standard InChI is InChI=1S/C22H34N2O6/c1-11(2)8-14(23)19(26)20(27)21(28)24-15(9-12(3)4)17-10-13-6-5-7-16(25)18(13)22(29)30-17/h5-7,11-12,14-15,17,19-20,25-27H,8-10,23H2,1-4H3,(H,24,28)/t14-,15+,17+,19-,20+/m0/s1. The van der Waals surface area contributed by atoms with Gasteiger partial charge in [0.1, 0.15) is 23.5 Å². The zero-order valence-corrected chi connectivity index (χ0v) is 18.0. The minimum Gasteiger partial charge on any atom is -0.507 e. The summed E-state index contributed by atoms with van der Waals surface area (Å²) in [4.78, 5) is 25.1. The SMILES string of the molecule is CC(C)C[C@H](N)[C@H](O)[C@@H](O)C(=O)N[C@H](CC(C)C)[C@H]1Cc2cccc(O)c2C(=O)O1. The van der Waals surface area contributed by atoms with Crippen molar-refractivity contribution in [3.8, 4) is 5.75 Å². The van der Waals surface area contributed by atoms with Crippen molar-refractivity contribution in [1.82, 2.24) is 5.32 Å². The number of esters is 1. The number of amides is 1. The van der Waals surface area contributed by atoms with Gasteiger partial charge in [0.25, 0.3) is 5.91 Å². The molecule has 0 spiro atoms. The van der Waals surface area contributed by atoms with Crippen molar-refractivity contribution in [2.24, 2.45) is 17.6 Å². The Morgan fingerprint density at radius 1 is 1.20 bits per heavy atom. The van der Waals surface area contributed by atoms with E-state index in [4.69, 9.17) is 10.5 Å². The highest BCUT2D eigenvalue weighted by molar-refractivity contribution is 5.95. The number of fused-ring (bicyclic) bond motifs is 1. The van der Waals surface area contributed by atoms with Crippen LogP contribution in [0.3, 0.4) is 0 Å². The van der Waals surface area contributed by atoms with Gasteiger partial charge in [-0.05, 0) is 36.3 Å². The maximum Gasteiger partial charge on any atom is 0.342 e. The van der Waals surface area contributed by atoms with E-state index in [1.807, 2.05) is 27.7 Å². The molecule has 0 fully saturated rings. The van der Waals surface area contributed by atoms with E-state index in [9.17, 15) is 24.9 Å². The number of carbonyl (C=O) groups excluding carboxylic acids is 2. The molecule has 0 unspecified atom stereocenters. The predicted octanol–water partition coefficient (Wildman–Crippen LogP) is 1.10. The number of carbonyl (C=O) groups is 2. The summed E-state index contributed by atoms with van der Waals surface area (Å²) in [7, 11) is 0. The van der Waals surface area contributed by atoms with Gasteiger partial charge in [0.15, 0.2) is 6.10 Å². The molecule has 0 saturated heterocycles. The Labute approximate surface area is 177 Å². The molecule has 8 nitrogen and oxygen atoms in total. The number of nitrogens with two attached hydrogens (primary N) is 1. The Kier molecular flexibility index (Phi) is 8.23. The fourth-order valence-corrected chi connectivity index (χ4v) is 3.82. The minimum absolute atomic E-state index is 0.137. The van der Waals surface area contributed by atoms with Crippen LogP contribution < -0.4 is 11.1 Å². The van der Waals surface area contributed by atoms with Gasteiger partial charge in [0.2, 0.25) is 0 Å². The van der Waals surface area contributed by atoms with E-state index < -0.39 is 42.3 Å². The molecule has 5 atom stereocenters. The molecule has 1 aliphatic heterocycles. The van der Waals surface area contributed by atoms with Crippen molar-refractivity contribution in [3.63, 3.8) is 0 Å². The molecule has 0 aromatic heterocycles. The van der Waals surface area contributed by atoms with Crippen LogP contribution in [-0.2, 0) is 16.0 Å². The Hall–Kier alpha value is -2.16. The van der Waals surface area contributed by atoms with Crippen LogP contribution in [0.25, 0.3) is 0 Å². The molecular formula is C22H34N2O6. The topological polar surface area (TPSA) is 142 Å². The van der Waals surface area contributed by atoms with Crippen molar-refractivity contribution in [1.29, 1.82) is 0 Å². The van der Waals surface area contributed by atoms with E-state index in [2.05, 4.69) is 5.32 Å². The van der Waals surface area contributed by atoms with Crippen molar-refractivity contribution < 1.29 is 29.6 Å². The van der Waals surface area contributed by atoms with E-state index in [-0.39, 0.29) is 23.1 Å². The number of aromatic hydroxyl groups is 1. The average molecular weight is 423 g/mol. The predicted molar refractivity (Wildman–Crippen MR) is 112 cm³/mol. The van der Waals surface area contributed by atoms with Crippen LogP contribution in [0.15, 0.2) is 18.2 Å². The molecular weight excluding hydrogens is 388 g/mol. The smallest absolute Gasteiger partial charge is 0.342 e. The normalized spacial score (nSPS) is 20.3. The largest absolute Gasteiger partial charge is 0.507 e. The zero-order valence-electron chi connectivity index (χ0n) is 18.0. The minimum atomic E-state index is -1.69. The molecule has 0 bridgehead atoms. The number of hydrogen-bond acceptors (Lipinski definition) is 7. The highest BCUT2D eigenvalue weighted by Crippen LogP contribution is 2.30. The lowest BCUT2D eigenvalue weighted by molar-refractivity contribution is -0.138. The molecule has 1 aromatic rings. The first-order valence-electron chi connectivity index (χ1n) is 10.4. The third-order valence-electron chi connectivity index (χ3n) is 5.29. The molecule has 1 aliphatic rings. The third kappa shape index (κ3) is 5.93. The summed E-state index contributed by atoms with van der Waals surface area (Å²) in [5.74, 6) is -1.17. The quantitative estimate of drug-likeness (QED) is 0.375. The molecule has 2 rings (SSSR count). The molecule has 0 radical (unpaired) electrons. The number of benzene rings is 1. The number of cyclic esters (lactones) is 1. The molecule has 8 heteroatoms. The van der Waals surface area contributed by atoms with Crippen molar-refractivity contribution in [2.75, 3.05) is 0 Å². The number of rotatable bonds is 9. The van der Waals surface area contributed by atoms with E-state index in [0.717, 1.165) is 0 Å². The molecule has 0 aliphatic carbocycles. The van der Waals surface area contributed by atoms with Crippen LogP contribution in [0, 0.1) is 11.8 Å². The van der Waals surface area contributed by atoms with Gasteiger partial charge in [-0.2, -0.15) is 0 Å². The fraction of sp³-hybridized carbons (Fsp3) is 0.636. The number of nitrogens with one attached hydrogen (secondary N) is 1. The number of phenols is 1. The fourth-order valence-electron chi connectivity index (χ4n) is 3.82. The molecule has 1 heterocycles. The van der Waals surface area contributed by atoms with Crippen molar-refractivity contribution in [3.05, 3.63) is 29.3 Å². The van der Waals surface area contributed by atoms with Gasteiger partial charge in [-0.15, -0.1) is 0 Å². The van der Waals surface area contributed by atoms with Gasteiger partial charge in [-0.25, -0.2) is 4.79 Å². The van der Waals surface area contributed by atoms with Crippen LogP contribution in [0.4, 0.5) is 0 Å². The zero-order chi connectivity index (χ0) is 22.6. The summed E-state index contributed by atoms with van der Waals surface area (Å²) < 4.78 is 5.52. The summed E-state index contributed by atoms with van der Waals surface area (Å²) in [6, 6.07) is 3.50. The Morgan fingerprint density at radius 3 is 2.43 bits per heavy atom. The summed E-state index contributed by atoms with van der Waals surface area (Å²) in [5.41, 5.74) is 6.69. The highest BCUT2D eigenvalue weighted by Gasteiger charge is 2.37. The second kappa shape index (κ2) is 10.2. The molecule has 30 heavy (non-hydrogen) atoms. The van der Waals surface area contributed by atoms with Gasteiger partial charge < -0.3 is 31.1 Å². The molecule has 1 amide bonds. The van der Waals surface area contributed by atoms with Gasteiger partial charge in [0.05, 0.1) is 6.04 Å². The monoisotopic (exact) mass is 422 g/mol. The maximum absolute atomic E-state index is 12.6. The molecule has 0 saturated carbocycles. The van der Waals surface area contributed by atoms with Crippen LogP contribution >= 0.6 is 0 Å². The lowest BCUT2D eigenvalue weighted by Crippen LogP contribution is -2.55. The number of aliphatic hydroxyl groups excluding tert-OH is 2. The first-order valence-corrected chi connectivity index (χ1v) is 10.4. The van der Waals surface area contributed by atoms with Crippen LogP contribution in [0.2, 0.25) is 0 Å². The Balaban J connectivity index is 2.14. The molecule has 1 aromatic carbocycles. The van der Waals surface area contributed by atoms with E-state index >= 15 is 0 Å². The number of hydrogen-bond donors (Lipinski definition) is 5. The van der Waals surface area contributed by atoms with Gasteiger partial charge in [-0.3, -0.25) is 4.79 Å². The highest BCUT2D eigenvalue weighted by atomic mass is 16.5. The second-order valence-corrected chi connectivity index (χ2v) is 8.93. The van der Waals surface area contributed by atoms with Crippen molar-refractivity contribution >= 4 is 11.9 Å². The maximum atomic E-state index is 12.6. The Morgan fingerprint density at radius 2 is 1.83 bits per heavy atom. The second-order valence-electron chi connectivity index (χ2n) is 8.93.